The Bertz CT molecular complexity index is 1780. The number of benzene rings is 3. The highest BCUT2D eigenvalue weighted by atomic mass is 32.2. The van der Waals surface area contributed by atoms with Crippen molar-refractivity contribution >= 4 is 28.3 Å². The molecule has 1 fully saturated rings. The van der Waals surface area contributed by atoms with Gasteiger partial charge in [0.25, 0.3) is 0 Å². The van der Waals surface area contributed by atoms with Crippen LogP contribution < -0.4 is 5.14 Å². The van der Waals surface area contributed by atoms with Crippen LogP contribution in [-0.4, -0.2) is 25.8 Å². The Morgan fingerprint density at radius 3 is 2.45 bits per heavy atom. The molecule has 1 unspecified atom stereocenters. The van der Waals surface area contributed by atoms with E-state index >= 15 is 0 Å². The standard InChI is InChI=1S/C29H22F2N4O3S2/c30-21-9-7-17(8-10-21)19-2-1-3-20(14-19)26-22(12-16-4-11-25(40(32)38)23(31)13-16)27(18-5-6-18)35(34-26)29-33-24(15-39-29)28(36)37/h1-4,7-11,13-15,18H,5-6,12H2,(H2,32,38)(H,36,37)/p+1. The van der Waals surface area contributed by atoms with Gasteiger partial charge in [0.2, 0.25) is 10.0 Å². The van der Waals surface area contributed by atoms with E-state index in [9.17, 15) is 22.9 Å². The van der Waals surface area contributed by atoms with Gasteiger partial charge in [-0.3, -0.25) is 0 Å². The highest BCUT2D eigenvalue weighted by Crippen LogP contribution is 2.46. The van der Waals surface area contributed by atoms with E-state index in [1.165, 1.54) is 41.0 Å². The number of aromatic nitrogens is 3. The van der Waals surface area contributed by atoms with Crippen molar-refractivity contribution in [1.82, 2.24) is 14.8 Å². The minimum Gasteiger partial charge on any atom is -0.476 e. The zero-order valence-electron chi connectivity index (χ0n) is 20.9. The summed E-state index contributed by atoms with van der Waals surface area (Å²) < 4.78 is 41.7. The van der Waals surface area contributed by atoms with Crippen molar-refractivity contribution in [1.29, 1.82) is 0 Å². The number of carbonyl (C=O) groups is 1. The van der Waals surface area contributed by atoms with Gasteiger partial charge < -0.3 is 5.11 Å². The number of rotatable bonds is 8. The molecule has 2 aromatic heterocycles. The molecule has 1 aliphatic rings. The summed E-state index contributed by atoms with van der Waals surface area (Å²) in [6, 6.07) is 18.4. The van der Waals surface area contributed by atoms with Gasteiger partial charge in [0.05, 0.1) is 11.4 Å². The molecular formula is C29H23F2N4O3S2+. The first-order valence-electron chi connectivity index (χ1n) is 12.5. The van der Waals surface area contributed by atoms with Crippen LogP contribution in [0.15, 0.2) is 77.0 Å². The molecule has 6 rings (SSSR count). The summed E-state index contributed by atoms with van der Waals surface area (Å²) >= 11 is 1.19. The number of hydrogen-bond donors (Lipinski definition) is 2. The molecule has 5 aromatic rings. The van der Waals surface area contributed by atoms with Crippen molar-refractivity contribution in [2.45, 2.75) is 30.1 Å². The topological polar surface area (TPSA) is 111 Å². The summed E-state index contributed by atoms with van der Waals surface area (Å²) in [5.41, 5.74) is 5.54. The zero-order chi connectivity index (χ0) is 28.0. The Morgan fingerprint density at radius 2 is 1.80 bits per heavy atom. The maximum Gasteiger partial charge on any atom is 0.355 e. The molecule has 11 heteroatoms. The lowest BCUT2D eigenvalue weighted by Gasteiger charge is -2.09. The Kier molecular flexibility index (Phi) is 6.87. The van der Waals surface area contributed by atoms with Crippen LogP contribution in [0.3, 0.4) is 0 Å². The van der Waals surface area contributed by atoms with Crippen LogP contribution in [0.1, 0.15) is 46.1 Å². The Hall–Kier alpha value is -4.06. The smallest absolute Gasteiger partial charge is 0.355 e. The number of carboxylic acids is 1. The summed E-state index contributed by atoms with van der Waals surface area (Å²) in [5, 5.41) is 21.7. The van der Waals surface area contributed by atoms with Gasteiger partial charge in [-0.25, -0.2) is 23.2 Å². The quantitative estimate of drug-likeness (QED) is 0.173. The second-order valence-corrected chi connectivity index (χ2v) is 11.6. The molecule has 2 heterocycles. The molecule has 1 atom stereocenters. The summed E-state index contributed by atoms with van der Waals surface area (Å²) in [6.07, 6.45) is 2.20. The lowest BCUT2D eigenvalue weighted by molar-refractivity contribution is 0.0691. The first-order valence-corrected chi connectivity index (χ1v) is 14.7. The van der Waals surface area contributed by atoms with E-state index in [2.05, 4.69) is 4.98 Å². The molecule has 0 amide bonds. The van der Waals surface area contributed by atoms with Crippen LogP contribution >= 0.6 is 11.3 Å². The second kappa shape index (κ2) is 10.5. The third-order valence-corrected chi connectivity index (χ3v) is 8.48. The van der Waals surface area contributed by atoms with Crippen LogP contribution in [0, 0.1) is 11.6 Å². The largest absolute Gasteiger partial charge is 0.476 e. The molecule has 3 aromatic carbocycles. The number of nitrogens with zero attached hydrogens (tertiary/aromatic N) is 3. The Labute approximate surface area is 234 Å². The summed E-state index contributed by atoms with van der Waals surface area (Å²) in [5.74, 6) is -1.88. The number of nitrogens with two attached hydrogens (primary N) is 1. The lowest BCUT2D eigenvalue weighted by Crippen LogP contribution is -2.06. The van der Waals surface area contributed by atoms with Gasteiger partial charge >= 0.3 is 5.97 Å². The number of halogens is 2. The van der Waals surface area contributed by atoms with Gasteiger partial charge in [-0.1, -0.05) is 40.6 Å². The lowest BCUT2D eigenvalue weighted by atomic mass is 9.95. The molecular weight excluding hydrogens is 554 g/mol. The van der Waals surface area contributed by atoms with E-state index in [0.717, 1.165) is 40.8 Å². The highest BCUT2D eigenvalue weighted by molar-refractivity contribution is 7.82. The molecule has 1 aliphatic carbocycles. The third kappa shape index (κ3) is 5.10. The van der Waals surface area contributed by atoms with Crippen molar-refractivity contribution in [2.75, 3.05) is 0 Å². The minimum absolute atomic E-state index is 0.0342. The zero-order valence-corrected chi connectivity index (χ0v) is 22.6. The molecule has 0 saturated heterocycles. The number of aromatic carboxylic acids is 1. The summed E-state index contributed by atoms with van der Waals surface area (Å²) in [6.45, 7) is 0. The number of thiazole rings is 1. The third-order valence-electron chi connectivity index (χ3n) is 6.82. The van der Waals surface area contributed by atoms with E-state index in [-0.39, 0.29) is 22.3 Å². The minimum atomic E-state index is -2.31. The normalized spacial score (nSPS) is 13.9. The predicted molar refractivity (Wildman–Crippen MR) is 150 cm³/mol. The Morgan fingerprint density at radius 1 is 1.05 bits per heavy atom. The van der Waals surface area contributed by atoms with E-state index in [1.807, 2.05) is 24.3 Å². The van der Waals surface area contributed by atoms with Crippen LogP contribution in [0.25, 0.3) is 27.5 Å². The van der Waals surface area contributed by atoms with E-state index in [4.69, 9.17) is 10.2 Å². The molecule has 202 valence electrons. The molecule has 7 nitrogen and oxygen atoms in total. The monoisotopic (exact) mass is 577 g/mol. The molecule has 0 bridgehead atoms. The van der Waals surface area contributed by atoms with Crippen LogP contribution in [0.5, 0.6) is 0 Å². The number of carboxylic acid groups (broad SMARTS) is 1. The SMILES string of the molecule is N[SH+](=O)c1ccc(Cc2c(-c3cccc(-c4ccc(F)cc4)c3)nn(-c3nc(C(=O)O)cs3)c2C2CC2)cc1F. The van der Waals surface area contributed by atoms with Crippen molar-refractivity contribution < 1.29 is 22.9 Å². The van der Waals surface area contributed by atoms with E-state index < -0.39 is 22.8 Å². The van der Waals surface area contributed by atoms with Crippen LogP contribution in [-0.2, 0) is 21.6 Å². The Balaban J connectivity index is 1.52. The maximum atomic E-state index is 14.7. The van der Waals surface area contributed by atoms with Crippen molar-refractivity contribution in [2.24, 2.45) is 5.14 Å². The van der Waals surface area contributed by atoms with Crippen molar-refractivity contribution in [3.05, 3.63) is 106 Å². The van der Waals surface area contributed by atoms with Gasteiger partial charge in [-0.05, 0) is 59.9 Å². The van der Waals surface area contributed by atoms with E-state index in [1.54, 1.807) is 22.9 Å². The average molecular weight is 578 g/mol. The van der Waals surface area contributed by atoms with Gasteiger partial charge in [-0.2, -0.15) is 5.10 Å². The first kappa shape index (κ1) is 26.2. The summed E-state index contributed by atoms with van der Waals surface area (Å²) in [4.78, 5) is 15.8. The second-order valence-electron chi connectivity index (χ2n) is 9.59. The first-order chi connectivity index (χ1) is 19.3. The predicted octanol–water partition coefficient (Wildman–Crippen LogP) is 6.04. The fourth-order valence-electron chi connectivity index (χ4n) is 4.78. The van der Waals surface area contributed by atoms with Gasteiger partial charge in [0.1, 0.15) is 5.82 Å². The van der Waals surface area contributed by atoms with Gasteiger partial charge in [-0.15, -0.1) is 16.5 Å². The molecule has 0 aliphatic heterocycles. The molecule has 3 N–H and O–H groups in total. The van der Waals surface area contributed by atoms with Gasteiger partial charge in [0.15, 0.2) is 22.5 Å². The van der Waals surface area contributed by atoms with Crippen LogP contribution in [0.4, 0.5) is 8.78 Å². The van der Waals surface area contributed by atoms with E-state index in [0.29, 0.717) is 22.8 Å². The molecule has 40 heavy (non-hydrogen) atoms. The van der Waals surface area contributed by atoms with Crippen LogP contribution in [0.2, 0.25) is 0 Å². The fraction of sp³-hybridized carbons (Fsp3) is 0.138. The fourth-order valence-corrected chi connectivity index (χ4v) is 6.04. The highest BCUT2D eigenvalue weighted by Gasteiger charge is 2.34. The van der Waals surface area contributed by atoms with Crippen molar-refractivity contribution in [3.8, 4) is 27.5 Å². The number of thiol groups is 1. The van der Waals surface area contributed by atoms with Crippen molar-refractivity contribution in [3.63, 3.8) is 0 Å². The average Bonchev–Trinajstić information content (AvgIpc) is 3.51. The maximum absolute atomic E-state index is 14.7. The number of hydrogen-bond acceptors (Lipinski definition) is 5. The molecule has 0 radical (unpaired) electrons. The van der Waals surface area contributed by atoms with Gasteiger partial charge in [0, 0.05) is 28.8 Å². The summed E-state index contributed by atoms with van der Waals surface area (Å²) in [7, 11) is -2.31. The molecule has 0 spiro atoms. The molecule has 1 saturated carbocycles.